The second kappa shape index (κ2) is 11.6. The fourth-order valence-electron chi connectivity index (χ4n) is 3.64. The zero-order chi connectivity index (χ0) is 22.1. The summed E-state index contributed by atoms with van der Waals surface area (Å²) in [7, 11) is 0. The molecule has 0 aliphatic carbocycles. The molecular formula is C24H34N4O3. The Morgan fingerprint density at radius 3 is 2.42 bits per heavy atom. The summed E-state index contributed by atoms with van der Waals surface area (Å²) >= 11 is 0. The Hall–Kier alpha value is -2.77. The summed E-state index contributed by atoms with van der Waals surface area (Å²) in [6.07, 6.45) is -0.738. The van der Waals surface area contributed by atoms with Gasteiger partial charge in [0, 0.05) is 32.7 Å². The van der Waals surface area contributed by atoms with Crippen molar-refractivity contribution in [2.24, 2.45) is 4.99 Å². The maximum atomic E-state index is 10.4. The van der Waals surface area contributed by atoms with Crippen LogP contribution in [0.5, 0.6) is 5.75 Å². The van der Waals surface area contributed by atoms with Gasteiger partial charge in [-0.3, -0.25) is 4.99 Å². The minimum Gasteiger partial charge on any atom is -0.506 e. The molecule has 0 amide bonds. The third kappa shape index (κ3) is 6.60. The predicted molar refractivity (Wildman–Crippen MR) is 125 cm³/mol. The first-order valence-corrected chi connectivity index (χ1v) is 11.0. The lowest BCUT2D eigenvalue weighted by molar-refractivity contribution is 0.00104. The molecule has 1 fully saturated rings. The molecular weight excluding hydrogens is 392 g/mol. The number of piperazine rings is 1. The van der Waals surface area contributed by atoms with Crippen molar-refractivity contribution in [2.75, 3.05) is 50.8 Å². The maximum Gasteiger partial charge on any atom is 0.194 e. The van der Waals surface area contributed by atoms with E-state index >= 15 is 0 Å². The molecule has 31 heavy (non-hydrogen) atoms. The molecule has 0 radical (unpaired) electrons. The van der Waals surface area contributed by atoms with Gasteiger partial charge >= 0.3 is 0 Å². The zero-order valence-electron chi connectivity index (χ0n) is 18.4. The van der Waals surface area contributed by atoms with Crippen molar-refractivity contribution in [3.05, 3.63) is 60.2 Å². The monoisotopic (exact) mass is 426 g/mol. The quantitative estimate of drug-likeness (QED) is 0.445. The molecule has 2 aromatic rings. The number of hydrogen-bond donors (Lipinski definition) is 3. The summed E-state index contributed by atoms with van der Waals surface area (Å²) in [6.45, 7) is 8.47. The van der Waals surface area contributed by atoms with Crippen LogP contribution < -0.4 is 10.2 Å². The van der Waals surface area contributed by atoms with Gasteiger partial charge in [0.1, 0.15) is 5.75 Å². The minimum absolute atomic E-state index is 0.0736. The zero-order valence-corrected chi connectivity index (χ0v) is 18.4. The largest absolute Gasteiger partial charge is 0.506 e. The third-order valence-electron chi connectivity index (χ3n) is 5.40. The van der Waals surface area contributed by atoms with Gasteiger partial charge in [-0.1, -0.05) is 42.5 Å². The number of aliphatic imine (C=N–C) groups is 1. The van der Waals surface area contributed by atoms with E-state index in [1.54, 1.807) is 6.07 Å². The second-order valence-corrected chi connectivity index (χ2v) is 7.70. The lowest BCUT2D eigenvalue weighted by atomic mass is 10.1. The number of benzene rings is 2. The number of phenolic OH excluding ortho intramolecular Hbond substituents is 1. The molecule has 0 bridgehead atoms. The number of anilines is 1. The van der Waals surface area contributed by atoms with E-state index in [9.17, 15) is 10.2 Å². The van der Waals surface area contributed by atoms with Crippen LogP contribution in [0.1, 0.15) is 25.5 Å². The molecule has 168 valence electrons. The number of nitrogens with one attached hydrogen (secondary N) is 1. The van der Waals surface area contributed by atoms with Gasteiger partial charge in [0.25, 0.3) is 0 Å². The highest BCUT2D eigenvalue weighted by molar-refractivity contribution is 5.80. The lowest BCUT2D eigenvalue weighted by Crippen LogP contribution is -2.52. The van der Waals surface area contributed by atoms with Crippen molar-refractivity contribution in [3.8, 4) is 5.75 Å². The molecule has 1 heterocycles. The molecule has 0 spiro atoms. The molecule has 1 aliphatic heterocycles. The normalized spacial score (nSPS) is 16.8. The van der Waals surface area contributed by atoms with Crippen molar-refractivity contribution >= 4 is 11.6 Å². The first kappa shape index (κ1) is 22.9. The van der Waals surface area contributed by atoms with Gasteiger partial charge in [-0.05, 0) is 31.5 Å². The number of ether oxygens (including phenoxy) is 1. The smallest absolute Gasteiger partial charge is 0.194 e. The molecule has 2 unspecified atom stereocenters. The Labute approximate surface area is 185 Å². The van der Waals surface area contributed by atoms with E-state index in [-0.39, 0.29) is 19.3 Å². The van der Waals surface area contributed by atoms with Crippen LogP contribution in [0.15, 0.2) is 59.6 Å². The van der Waals surface area contributed by atoms with Crippen molar-refractivity contribution < 1.29 is 14.9 Å². The van der Waals surface area contributed by atoms with Gasteiger partial charge in [0.05, 0.1) is 31.0 Å². The Morgan fingerprint density at radius 2 is 1.74 bits per heavy atom. The van der Waals surface area contributed by atoms with Crippen molar-refractivity contribution in [1.29, 1.82) is 0 Å². The van der Waals surface area contributed by atoms with Crippen LogP contribution in [-0.2, 0) is 4.74 Å². The first-order valence-electron chi connectivity index (χ1n) is 11.0. The summed E-state index contributed by atoms with van der Waals surface area (Å²) in [4.78, 5) is 9.01. The molecule has 1 aliphatic rings. The fourth-order valence-corrected chi connectivity index (χ4v) is 3.64. The number of aliphatic hydroxyl groups is 1. The van der Waals surface area contributed by atoms with Gasteiger partial charge in [-0.25, -0.2) is 0 Å². The summed E-state index contributed by atoms with van der Waals surface area (Å²) in [5.74, 6) is 1.11. The standard InChI is InChI=1S/C24H34N4O3/c1-3-25-24(26-17-21(29)18-31-19(2)20-9-5-4-6-10-20)28-15-13-27(14-16-28)22-11-7-8-12-23(22)30/h4-12,19,21,29-30H,3,13-18H2,1-2H3,(H,25,26). The van der Waals surface area contributed by atoms with Crippen molar-refractivity contribution in [3.63, 3.8) is 0 Å². The number of guanidine groups is 1. The molecule has 3 rings (SSSR count). The van der Waals surface area contributed by atoms with E-state index in [0.29, 0.717) is 5.75 Å². The molecule has 2 aromatic carbocycles. The number of hydrogen-bond acceptors (Lipinski definition) is 5. The minimum atomic E-state index is -0.664. The molecule has 0 aromatic heterocycles. The van der Waals surface area contributed by atoms with E-state index in [1.807, 2.05) is 62.4 Å². The van der Waals surface area contributed by atoms with Crippen molar-refractivity contribution in [1.82, 2.24) is 10.2 Å². The number of para-hydroxylation sites is 2. The van der Waals surface area contributed by atoms with E-state index in [0.717, 1.165) is 49.9 Å². The first-order chi connectivity index (χ1) is 15.1. The number of nitrogens with zero attached hydrogens (tertiary/aromatic N) is 3. The molecule has 3 N–H and O–H groups in total. The summed E-state index contributed by atoms with van der Waals surface area (Å²) in [5.41, 5.74) is 1.96. The van der Waals surface area contributed by atoms with E-state index in [1.165, 1.54) is 0 Å². The molecule has 0 saturated carbocycles. The molecule has 7 heteroatoms. The van der Waals surface area contributed by atoms with Gasteiger partial charge in [0.2, 0.25) is 0 Å². The van der Waals surface area contributed by atoms with Gasteiger partial charge in [-0.2, -0.15) is 0 Å². The SMILES string of the molecule is CCNC(=NCC(O)COC(C)c1ccccc1)N1CCN(c2ccccc2O)CC1. The summed E-state index contributed by atoms with van der Waals surface area (Å²) in [5, 5.41) is 23.8. The Morgan fingerprint density at radius 1 is 1.06 bits per heavy atom. The molecule has 2 atom stereocenters. The fraction of sp³-hybridized carbons (Fsp3) is 0.458. The molecule has 1 saturated heterocycles. The second-order valence-electron chi connectivity index (χ2n) is 7.70. The van der Waals surface area contributed by atoms with E-state index in [4.69, 9.17) is 4.74 Å². The Kier molecular flexibility index (Phi) is 8.55. The van der Waals surface area contributed by atoms with Crippen LogP contribution in [0.2, 0.25) is 0 Å². The van der Waals surface area contributed by atoms with Gasteiger partial charge in [-0.15, -0.1) is 0 Å². The summed E-state index contributed by atoms with van der Waals surface area (Å²) in [6, 6.07) is 17.4. The number of rotatable bonds is 8. The van der Waals surface area contributed by atoms with E-state index in [2.05, 4.69) is 20.1 Å². The highest BCUT2D eigenvalue weighted by atomic mass is 16.5. The average molecular weight is 427 g/mol. The topological polar surface area (TPSA) is 80.6 Å². The third-order valence-corrected chi connectivity index (χ3v) is 5.40. The lowest BCUT2D eigenvalue weighted by Gasteiger charge is -2.38. The van der Waals surface area contributed by atoms with Crippen LogP contribution in [0.25, 0.3) is 0 Å². The highest BCUT2D eigenvalue weighted by Gasteiger charge is 2.21. The summed E-state index contributed by atoms with van der Waals surface area (Å²) < 4.78 is 5.82. The number of aliphatic hydroxyl groups excluding tert-OH is 1. The van der Waals surface area contributed by atoms with E-state index < -0.39 is 6.10 Å². The van der Waals surface area contributed by atoms with Crippen molar-refractivity contribution in [2.45, 2.75) is 26.1 Å². The number of phenols is 1. The van der Waals surface area contributed by atoms with Crippen LogP contribution in [0.3, 0.4) is 0 Å². The van der Waals surface area contributed by atoms with Crippen LogP contribution in [-0.4, -0.2) is 73.1 Å². The van der Waals surface area contributed by atoms with Crippen LogP contribution in [0.4, 0.5) is 5.69 Å². The molecule has 7 nitrogen and oxygen atoms in total. The maximum absolute atomic E-state index is 10.4. The Balaban J connectivity index is 1.50. The van der Waals surface area contributed by atoms with Gasteiger partial charge < -0.3 is 30.1 Å². The van der Waals surface area contributed by atoms with Gasteiger partial charge in [0.15, 0.2) is 5.96 Å². The highest BCUT2D eigenvalue weighted by Crippen LogP contribution is 2.27. The Bertz CT molecular complexity index is 823. The predicted octanol–water partition coefficient (Wildman–Crippen LogP) is 2.62. The average Bonchev–Trinajstić information content (AvgIpc) is 2.81. The van der Waals surface area contributed by atoms with Crippen LogP contribution >= 0.6 is 0 Å². The number of aromatic hydroxyl groups is 1. The van der Waals surface area contributed by atoms with Crippen LogP contribution in [0, 0.1) is 0 Å².